The summed E-state index contributed by atoms with van der Waals surface area (Å²) in [4.78, 5) is 0. The fourth-order valence-corrected chi connectivity index (χ4v) is 1.75. The molecule has 0 spiro atoms. The molecule has 0 fully saturated rings. The van der Waals surface area contributed by atoms with Crippen molar-refractivity contribution in [2.75, 3.05) is 20.3 Å². The molecule has 0 amide bonds. The van der Waals surface area contributed by atoms with Gasteiger partial charge in [-0.15, -0.1) is 0 Å². The van der Waals surface area contributed by atoms with E-state index in [1.807, 2.05) is 7.05 Å². The zero-order chi connectivity index (χ0) is 11.1. The third-order valence-corrected chi connectivity index (χ3v) is 2.97. The maximum atomic E-state index is 5.56. The first-order chi connectivity index (χ1) is 7.27. The number of likely N-dealkylation sites (N-methyl/N-ethyl adjacent to an activating group) is 1. The molecule has 1 rings (SSSR count). The molecule has 1 aromatic carbocycles. The highest BCUT2D eigenvalue weighted by Gasteiger charge is 2.08. The second kappa shape index (κ2) is 7.19. The van der Waals surface area contributed by atoms with Gasteiger partial charge in [0.2, 0.25) is 0 Å². The second-order valence-electron chi connectivity index (χ2n) is 3.47. The van der Waals surface area contributed by atoms with Gasteiger partial charge in [0, 0.05) is 10.2 Å². The molecule has 1 aromatic rings. The van der Waals surface area contributed by atoms with Crippen LogP contribution in [-0.4, -0.2) is 20.3 Å². The van der Waals surface area contributed by atoms with Crippen LogP contribution in [0.1, 0.15) is 24.9 Å². The molecule has 0 radical (unpaired) electrons. The van der Waals surface area contributed by atoms with Crippen molar-refractivity contribution in [1.82, 2.24) is 5.32 Å². The molecule has 1 atom stereocenters. The van der Waals surface area contributed by atoms with Gasteiger partial charge in [-0.25, -0.2) is 0 Å². The van der Waals surface area contributed by atoms with Crippen molar-refractivity contribution < 1.29 is 4.74 Å². The van der Waals surface area contributed by atoms with Gasteiger partial charge in [0.15, 0.2) is 0 Å². The minimum atomic E-state index is 0.300. The first kappa shape index (κ1) is 12.9. The maximum Gasteiger partial charge on any atom is 0.0661 e. The minimum absolute atomic E-state index is 0.300. The summed E-state index contributed by atoms with van der Waals surface area (Å²) in [5, 5.41) is 3.27. The van der Waals surface area contributed by atoms with E-state index >= 15 is 0 Å². The summed E-state index contributed by atoms with van der Waals surface area (Å²) in [6, 6.07) is 8.85. The van der Waals surface area contributed by atoms with Crippen LogP contribution in [0.4, 0.5) is 0 Å². The van der Waals surface area contributed by atoms with Gasteiger partial charge in [0.25, 0.3) is 0 Å². The number of hydrogen-bond acceptors (Lipinski definition) is 2. The second-order valence-corrected chi connectivity index (χ2v) is 4.71. The van der Waals surface area contributed by atoms with Gasteiger partial charge in [0.1, 0.15) is 0 Å². The lowest BCUT2D eigenvalue weighted by molar-refractivity contribution is 0.114. The first-order valence-corrected chi connectivity index (χ1v) is 6.36. The van der Waals surface area contributed by atoms with E-state index in [0.29, 0.717) is 6.04 Å². The lowest BCUT2D eigenvalue weighted by atomic mass is 10.1. The fourth-order valence-electron chi connectivity index (χ4n) is 1.39. The summed E-state index contributed by atoms with van der Waals surface area (Å²) in [7, 11) is 1.97. The number of ether oxygens (including phenoxy) is 1. The van der Waals surface area contributed by atoms with Gasteiger partial charge in [0.05, 0.1) is 12.6 Å². The molecule has 0 saturated carbocycles. The molecule has 1 N–H and O–H groups in total. The van der Waals surface area contributed by atoms with Gasteiger partial charge in [-0.3, -0.25) is 0 Å². The predicted molar refractivity (Wildman–Crippen MR) is 72.1 cm³/mol. The van der Waals surface area contributed by atoms with E-state index in [-0.39, 0.29) is 0 Å². The molecule has 1 unspecified atom stereocenters. The summed E-state index contributed by atoms with van der Waals surface area (Å²) in [6.45, 7) is 3.70. The Kier molecular flexibility index (Phi) is 6.20. The van der Waals surface area contributed by atoms with Crippen LogP contribution in [0.2, 0.25) is 0 Å². The lowest BCUT2D eigenvalue weighted by Gasteiger charge is -2.16. The molecule has 0 aliphatic heterocycles. The smallest absolute Gasteiger partial charge is 0.0661 e. The quantitative estimate of drug-likeness (QED) is 0.643. The molecule has 2 nitrogen and oxygen atoms in total. The lowest BCUT2D eigenvalue weighted by Crippen LogP contribution is -2.21. The molecule has 15 heavy (non-hydrogen) atoms. The van der Waals surface area contributed by atoms with Crippen molar-refractivity contribution in [3.63, 3.8) is 0 Å². The Labute approximate surface area is 106 Å². The van der Waals surface area contributed by atoms with Crippen molar-refractivity contribution >= 4 is 22.6 Å². The molecule has 0 aliphatic rings. The Morgan fingerprint density at radius 1 is 1.33 bits per heavy atom. The summed E-state index contributed by atoms with van der Waals surface area (Å²) in [6.07, 6.45) is 1.07. The van der Waals surface area contributed by atoms with Crippen molar-refractivity contribution in [3.05, 3.63) is 33.4 Å². The Morgan fingerprint density at radius 2 is 2.00 bits per heavy atom. The monoisotopic (exact) mass is 319 g/mol. The Balaban J connectivity index is 2.53. The Morgan fingerprint density at radius 3 is 2.53 bits per heavy atom. The highest BCUT2D eigenvalue weighted by Crippen LogP contribution is 2.15. The van der Waals surface area contributed by atoms with E-state index < -0.39 is 0 Å². The summed E-state index contributed by atoms with van der Waals surface area (Å²) < 4.78 is 6.82. The molecular formula is C12H18INO. The van der Waals surface area contributed by atoms with E-state index in [0.717, 1.165) is 19.6 Å². The Hall–Kier alpha value is -0.130. The Bertz CT molecular complexity index is 273. The minimum Gasteiger partial charge on any atom is -0.379 e. The molecule has 84 valence electrons. The van der Waals surface area contributed by atoms with E-state index in [2.05, 4.69) is 59.1 Å². The standard InChI is InChI=1S/C12H18INO/c1-3-8-15-9-12(14-2)10-4-6-11(13)7-5-10/h4-7,12,14H,3,8-9H2,1-2H3. The van der Waals surface area contributed by atoms with Crippen LogP contribution in [0.25, 0.3) is 0 Å². The molecule has 0 heterocycles. The van der Waals surface area contributed by atoms with Crippen LogP contribution in [0.5, 0.6) is 0 Å². The topological polar surface area (TPSA) is 21.3 Å². The third kappa shape index (κ3) is 4.49. The van der Waals surface area contributed by atoms with Gasteiger partial charge in [-0.1, -0.05) is 19.1 Å². The van der Waals surface area contributed by atoms with Crippen molar-refractivity contribution in [2.45, 2.75) is 19.4 Å². The van der Waals surface area contributed by atoms with Crippen LogP contribution < -0.4 is 5.32 Å². The average Bonchev–Trinajstić information content (AvgIpc) is 2.26. The van der Waals surface area contributed by atoms with Gasteiger partial charge < -0.3 is 10.1 Å². The zero-order valence-corrected chi connectivity index (χ0v) is 11.5. The van der Waals surface area contributed by atoms with Crippen molar-refractivity contribution in [3.8, 4) is 0 Å². The van der Waals surface area contributed by atoms with E-state index in [9.17, 15) is 0 Å². The summed E-state index contributed by atoms with van der Waals surface area (Å²) in [5.74, 6) is 0. The highest BCUT2D eigenvalue weighted by molar-refractivity contribution is 14.1. The van der Waals surface area contributed by atoms with Crippen LogP contribution >= 0.6 is 22.6 Å². The fraction of sp³-hybridized carbons (Fsp3) is 0.500. The van der Waals surface area contributed by atoms with Crippen molar-refractivity contribution in [2.24, 2.45) is 0 Å². The van der Waals surface area contributed by atoms with Crippen LogP contribution in [0.15, 0.2) is 24.3 Å². The van der Waals surface area contributed by atoms with Crippen LogP contribution in [0.3, 0.4) is 0 Å². The normalized spacial score (nSPS) is 12.7. The van der Waals surface area contributed by atoms with Crippen LogP contribution in [-0.2, 0) is 4.74 Å². The number of halogens is 1. The predicted octanol–water partition coefficient (Wildman–Crippen LogP) is 2.98. The molecule has 0 aliphatic carbocycles. The van der Waals surface area contributed by atoms with E-state index in [4.69, 9.17) is 4.74 Å². The third-order valence-electron chi connectivity index (χ3n) is 2.25. The molecule has 0 bridgehead atoms. The first-order valence-electron chi connectivity index (χ1n) is 5.28. The number of rotatable bonds is 6. The zero-order valence-electron chi connectivity index (χ0n) is 9.29. The largest absolute Gasteiger partial charge is 0.379 e. The van der Waals surface area contributed by atoms with E-state index in [1.165, 1.54) is 9.13 Å². The van der Waals surface area contributed by atoms with Gasteiger partial charge >= 0.3 is 0 Å². The summed E-state index contributed by atoms with van der Waals surface area (Å²) in [5.41, 5.74) is 1.29. The van der Waals surface area contributed by atoms with Crippen LogP contribution in [0, 0.1) is 3.57 Å². The molecule has 3 heteroatoms. The number of nitrogens with one attached hydrogen (secondary N) is 1. The van der Waals surface area contributed by atoms with Crippen molar-refractivity contribution in [1.29, 1.82) is 0 Å². The number of benzene rings is 1. The van der Waals surface area contributed by atoms with Gasteiger partial charge in [-0.2, -0.15) is 0 Å². The summed E-state index contributed by atoms with van der Waals surface area (Å²) >= 11 is 2.32. The van der Waals surface area contributed by atoms with E-state index in [1.54, 1.807) is 0 Å². The SMILES string of the molecule is CCCOCC(NC)c1ccc(I)cc1. The van der Waals surface area contributed by atoms with Gasteiger partial charge in [-0.05, 0) is 53.8 Å². The molecular weight excluding hydrogens is 301 g/mol. The molecule has 0 aromatic heterocycles. The number of hydrogen-bond donors (Lipinski definition) is 1. The average molecular weight is 319 g/mol. The maximum absolute atomic E-state index is 5.56. The molecule has 0 saturated heterocycles. The highest BCUT2D eigenvalue weighted by atomic mass is 127.